The first-order valence-corrected chi connectivity index (χ1v) is 7.58. The molecule has 6 heteroatoms. The number of halogens is 1. The lowest BCUT2D eigenvalue weighted by molar-refractivity contribution is 0.0649. The molecule has 1 heterocycles. The van der Waals surface area contributed by atoms with Crippen molar-refractivity contribution in [3.05, 3.63) is 33.4 Å². The largest absolute Gasteiger partial charge is 0.335 e. The van der Waals surface area contributed by atoms with Gasteiger partial charge >= 0.3 is 6.03 Å². The lowest BCUT2D eigenvalue weighted by Crippen LogP contribution is -2.52. The van der Waals surface area contributed by atoms with Crippen LogP contribution in [0.2, 0.25) is 0 Å². The van der Waals surface area contributed by atoms with Gasteiger partial charge in [-0.15, -0.1) is 0 Å². The Morgan fingerprint density at radius 2 is 1.60 bits per heavy atom. The van der Waals surface area contributed by atoms with E-state index in [9.17, 15) is 9.59 Å². The van der Waals surface area contributed by atoms with Gasteiger partial charge in [0.25, 0.3) is 5.91 Å². The van der Waals surface area contributed by atoms with Gasteiger partial charge < -0.3 is 14.7 Å². The molecule has 1 aliphatic rings. The average Bonchev–Trinajstić information content (AvgIpc) is 2.46. The molecule has 0 aliphatic carbocycles. The zero-order valence-corrected chi connectivity index (χ0v) is 13.8. The van der Waals surface area contributed by atoms with Gasteiger partial charge in [0.15, 0.2) is 0 Å². The average molecular weight is 387 g/mol. The van der Waals surface area contributed by atoms with E-state index < -0.39 is 0 Å². The summed E-state index contributed by atoms with van der Waals surface area (Å²) in [6.07, 6.45) is 0. The maximum absolute atomic E-state index is 12.4. The number of urea groups is 1. The fraction of sp³-hybridized carbons (Fsp3) is 0.429. The number of nitrogens with zero attached hydrogens (tertiary/aromatic N) is 3. The molecule has 20 heavy (non-hydrogen) atoms. The highest BCUT2D eigenvalue weighted by Gasteiger charge is 2.26. The van der Waals surface area contributed by atoms with Crippen molar-refractivity contribution in [2.24, 2.45) is 0 Å². The van der Waals surface area contributed by atoms with Gasteiger partial charge in [0.1, 0.15) is 0 Å². The van der Waals surface area contributed by atoms with Crippen molar-refractivity contribution in [1.29, 1.82) is 0 Å². The summed E-state index contributed by atoms with van der Waals surface area (Å²) in [4.78, 5) is 29.4. The van der Waals surface area contributed by atoms with Crippen LogP contribution < -0.4 is 0 Å². The van der Waals surface area contributed by atoms with Crippen LogP contribution in [0.25, 0.3) is 0 Å². The lowest BCUT2D eigenvalue weighted by atomic mass is 10.2. The molecule has 1 aliphatic heterocycles. The maximum atomic E-state index is 12.4. The van der Waals surface area contributed by atoms with E-state index in [-0.39, 0.29) is 11.9 Å². The summed E-state index contributed by atoms with van der Waals surface area (Å²) in [5.41, 5.74) is 0.737. The molecular formula is C14H18IN3O2. The highest BCUT2D eigenvalue weighted by molar-refractivity contribution is 14.1. The summed E-state index contributed by atoms with van der Waals surface area (Å²) in [6, 6.07) is 7.58. The zero-order valence-electron chi connectivity index (χ0n) is 11.7. The van der Waals surface area contributed by atoms with Gasteiger partial charge in [-0.1, -0.05) is 12.1 Å². The predicted octanol–water partition coefficient (Wildman–Crippen LogP) is 1.73. The number of piperazine rings is 1. The number of amides is 3. The highest BCUT2D eigenvalue weighted by Crippen LogP contribution is 2.15. The SMILES string of the molecule is CN(C)C(=O)N1CCN(C(=O)c2ccccc2I)CC1. The molecule has 0 atom stereocenters. The summed E-state index contributed by atoms with van der Waals surface area (Å²) in [5.74, 6) is 0.0481. The quantitative estimate of drug-likeness (QED) is 0.689. The Balaban J connectivity index is 1.99. The van der Waals surface area contributed by atoms with Crippen molar-refractivity contribution >= 4 is 34.5 Å². The van der Waals surface area contributed by atoms with Crippen molar-refractivity contribution in [3.8, 4) is 0 Å². The van der Waals surface area contributed by atoms with Crippen molar-refractivity contribution in [2.45, 2.75) is 0 Å². The number of carbonyl (C=O) groups excluding carboxylic acids is 2. The second-order valence-corrected chi connectivity index (χ2v) is 6.10. The summed E-state index contributed by atoms with van der Waals surface area (Å²) in [5, 5.41) is 0. The number of carbonyl (C=O) groups is 2. The molecule has 1 saturated heterocycles. The van der Waals surface area contributed by atoms with E-state index in [0.29, 0.717) is 26.2 Å². The van der Waals surface area contributed by atoms with Crippen LogP contribution in [0.4, 0.5) is 4.79 Å². The van der Waals surface area contributed by atoms with Gasteiger partial charge in [0.05, 0.1) is 5.56 Å². The Hall–Kier alpha value is -1.31. The molecule has 3 amide bonds. The number of benzene rings is 1. The van der Waals surface area contributed by atoms with Crippen molar-refractivity contribution < 1.29 is 9.59 Å². The van der Waals surface area contributed by atoms with Crippen LogP contribution in [0.5, 0.6) is 0 Å². The zero-order chi connectivity index (χ0) is 14.7. The molecule has 2 rings (SSSR count). The fourth-order valence-corrected chi connectivity index (χ4v) is 2.81. The number of hydrogen-bond donors (Lipinski definition) is 0. The summed E-state index contributed by atoms with van der Waals surface area (Å²) in [6.45, 7) is 2.35. The molecule has 0 spiro atoms. The Morgan fingerprint density at radius 1 is 1.05 bits per heavy atom. The molecule has 5 nitrogen and oxygen atoms in total. The summed E-state index contributed by atoms with van der Waals surface area (Å²) in [7, 11) is 3.48. The number of rotatable bonds is 1. The number of hydrogen-bond acceptors (Lipinski definition) is 2. The van der Waals surface area contributed by atoms with Gasteiger partial charge in [-0.05, 0) is 34.7 Å². The first kappa shape index (κ1) is 15.1. The molecule has 0 N–H and O–H groups in total. The molecule has 0 saturated carbocycles. The van der Waals surface area contributed by atoms with Crippen LogP contribution in [-0.2, 0) is 0 Å². The van der Waals surface area contributed by atoms with Gasteiger partial charge in [0, 0.05) is 43.8 Å². The minimum Gasteiger partial charge on any atom is -0.335 e. The highest BCUT2D eigenvalue weighted by atomic mass is 127. The van der Waals surface area contributed by atoms with E-state index in [1.165, 1.54) is 0 Å². The minimum absolute atomic E-state index is 0.00592. The standard InChI is InChI=1S/C14H18IN3O2/c1-16(2)14(20)18-9-7-17(8-10-18)13(19)11-5-3-4-6-12(11)15/h3-6H,7-10H2,1-2H3. The van der Waals surface area contributed by atoms with Crippen molar-refractivity contribution in [3.63, 3.8) is 0 Å². The first-order chi connectivity index (χ1) is 9.50. The molecule has 0 bridgehead atoms. The van der Waals surface area contributed by atoms with Gasteiger partial charge in [0.2, 0.25) is 0 Å². The monoisotopic (exact) mass is 387 g/mol. The van der Waals surface area contributed by atoms with E-state index >= 15 is 0 Å². The van der Waals surface area contributed by atoms with Crippen LogP contribution in [-0.4, -0.2) is 66.9 Å². The van der Waals surface area contributed by atoms with Crippen molar-refractivity contribution in [1.82, 2.24) is 14.7 Å². The molecule has 1 fully saturated rings. The first-order valence-electron chi connectivity index (χ1n) is 6.50. The van der Waals surface area contributed by atoms with Gasteiger partial charge in [-0.2, -0.15) is 0 Å². The molecule has 108 valence electrons. The minimum atomic E-state index is 0.00592. The van der Waals surface area contributed by atoms with E-state index in [0.717, 1.165) is 9.13 Å². The fourth-order valence-electron chi connectivity index (χ4n) is 2.19. The van der Waals surface area contributed by atoms with Gasteiger partial charge in [-0.3, -0.25) is 4.79 Å². The Bertz CT molecular complexity index is 511. The molecule has 1 aromatic carbocycles. The second-order valence-electron chi connectivity index (χ2n) is 4.94. The molecular weight excluding hydrogens is 369 g/mol. The molecule has 1 aromatic rings. The third-order valence-electron chi connectivity index (χ3n) is 3.32. The van der Waals surface area contributed by atoms with E-state index in [2.05, 4.69) is 22.6 Å². The smallest absolute Gasteiger partial charge is 0.319 e. The maximum Gasteiger partial charge on any atom is 0.319 e. The predicted molar refractivity (Wildman–Crippen MR) is 85.7 cm³/mol. The van der Waals surface area contributed by atoms with E-state index in [1.54, 1.807) is 23.9 Å². The third-order valence-corrected chi connectivity index (χ3v) is 4.26. The van der Waals surface area contributed by atoms with Gasteiger partial charge in [-0.25, -0.2) is 4.79 Å². The van der Waals surface area contributed by atoms with Crippen LogP contribution >= 0.6 is 22.6 Å². The molecule has 0 aromatic heterocycles. The second kappa shape index (κ2) is 6.43. The van der Waals surface area contributed by atoms with E-state index in [1.807, 2.05) is 29.2 Å². The van der Waals surface area contributed by atoms with Crippen LogP contribution in [0.1, 0.15) is 10.4 Å². The van der Waals surface area contributed by atoms with E-state index in [4.69, 9.17) is 0 Å². The summed E-state index contributed by atoms with van der Waals surface area (Å²) < 4.78 is 0.960. The van der Waals surface area contributed by atoms with Crippen molar-refractivity contribution in [2.75, 3.05) is 40.3 Å². The molecule has 0 unspecified atom stereocenters. The molecule has 0 radical (unpaired) electrons. The lowest BCUT2D eigenvalue weighted by Gasteiger charge is -2.36. The topological polar surface area (TPSA) is 43.9 Å². The van der Waals surface area contributed by atoms with Crippen LogP contribution in [0.3, 0.4) is 0 Å². The Kier molecular flexibility index (Phi) is 4.85. The van der Waals surface area contributed by atoms with Crippen LogP contribution in [0, 0.1) is 3.57 Å². The van der Waals surface area contributed by atoms with Crippen LogP contribution in [0.15, 0.2) is 24.3 Å². The third kappa shape index (κ3) is 3.23. The Labute approximate surface area is 132 Å². The Morgan fingerprint density at radius 3 is 2.15 bits per heavy atom. The normalized spacial score (nSPS) is 15.2. The summed E-state index contributed by atoms with van der Waals surface area (Å²) >= 11 is 2.18.